The molecule has 1 heterocycles. The highest BCUT2D eigenvalue weighted by atomic mass is 16.2. The maximum atomic E-state index is 11.4. The molecule has 0 spiro atoms. The maximum Gasteiger partial charge on any atom is 0.329 e. The molecule has 1 aromatic carbocycles. The molecule has 0 fully saturated rings. The van der Waals surface area contributed by atoms with Crippen molar-refractivity contribution >= 4 is 5.69 Å². The lowest BCUT2D eigenvalue weighted by Crippen LogP contribution is -2.36. The monoisotopic (exact) mass is 231 g/mol. The van der Waals surface area contributed by atoms with Gasteiger partial charge in [0.25, 0.3) is 5.56 Å². The van der Waals surface area contributed by atoms with Gasteiger partial charge < -0.3 is 10.3 Å². The normalized spacial score (nSPS) is 10.2. The number of aromatic amines is 1. The predicted octanol–water partition coefficient (Wildman–Crippen LogP) is 0.915. The second-order valence-electron chi connectivity index (χ2n) is 3.75. The first-order valence-corrected chi connectivity index (χ1v) is 5.26. The first-order chi connectivity index (χ1) is 8.16. The average Bonchev–Trinajstić information content (AvgIpc) is 2.31. The quantitative estimate of drug-likeness (QED) is 0.825. The highest BCUT2D eigenvalue weighted by Gasteiger charge is 1.99. The third kappa shape index (κ3) is 2.63. The molecule has 0 radical (unpaired) electrons. The Morgan fingerprint density at radius 1 is 1.18 bits per heavy atom. The van der Waals surface area contributed by atoms with E-state index in [1.807, 2.05) is 31.2 Å². The van der Waals surface area contributed by atoms with Gasteiger partial charge in [-0.25, -0.2) is 9.36 Å². The number of hydrogen-bond donors (Lipinski definition) is 2. The highest BCUT2D eigenvalue weighted by molar-refractivity contribution is 5.43. The van der Waals surface area contributed by atoms with E-state index in [-0.39, 0.29) is 12.2 Å². The molecule has 0 atom stereocenters. The van der Waals surface area contributed by atoms with Crippen molar-refractivity contribution in [2.24, 2.45) is 0 Å². The fourth-order valence-corrected chi connectivity index (χ4v) is 1.44. The van der Waals surface area contributed by atoms with E-state index < -0.39 is 5.69 Å². The minimum atomic E-state index is -0.419. The molecule has 0 bridgehead atoms. The van der Waals surface area contributed by atoms with Crippen LogP contribution in [0.5, 0.6) is 0 Å². The summed E-state index contributed by atoms with van der Waals surface area (Å²) in [5.41, 5.74) is 1.28. The van der Waals surface area contributed by atoms with E-state index in [0.717, 1.165) is 15.8 Å². The fourth-order valence-electron chi connectivity index (χ4n) is 1.44. The van der Waals surface area contributed by atoms with Gasteiger partial charge in [0.05, 0.1) is 0 Å². The molecule has 1 aromatic heterocycles. The Bertz CT molecular complexity index is 582. The number of aryl methyl sites for hydroxylation is 1. The van der Waals surface area contributed by atoms with Gasteiger partial charge in [0, 0.05) is 18.0 Å². The van der Waals surface area contributed by atoms with Gasteiger partial charge in [-0.3, -0.25) is 4.79 Å². The van der Waals surface area contributed by atoms with Crippen LogP contribution in [0.1, 0.15) is 5.56 Å². The van der Waals surface area contributed by atoms with Crippen molar-refractivity contribution in [2.45, 2.75) is 13.6 Å². The van der Waals surface area contributed by atoms with E-state index in [0.29, 0.717) is 0 Å². The summed E-state index contributed by atoms with van der Waals surface area (Å²) < 4.78 is 1.10. The molecule has 5 heteroatoms. The van der Waals surface area contributed by atoms with Crippen LogP contribution in [-0.4, -0.2) is 9.55 Å². The Balaban J connectivity index is 2.15. The van der Waals surface area contributed by atoms with E-state index in [1.54, 1.807) is 0 Å². The molecular weight excluding hydrogens is 218 g/mol. The fraction of sp³-hybridized carbons (Fsp3) is 0.167. The molecule has 2 N–H and O–H groups in total. The molecular formula is C12H13N3O2. The maximum absolute atomic E-state index is 11.4. The van der Waals surface area contributed by atoms with Gasteiger partial charge in [0.1, 0.15) is 6.67 Å². The standard InChI is InChI=1S/C12H13N3O2/c1-9-2-4-10(5-3-9)14-8-15-11(16)6-7-13-12(15)17/h2-7,14H,8H2,1H3,(H,13,17). The van der Waals surface area contributed by atoms with Crippen molar-refractivity contribution in [3.8, 4) is 0 Å². The van der Waals surface area contributed by atoms with Crippen molar-refractivity contribution in [1.82, 2.24) is 9.55 Å². The van der Waals surface area contributed by atoms with Crippen LogP contribution in [0.3, 0.4) is 0 Å². The van der Waals surface area contributed by atoms with Crippen molar-refractivity contribution < 1.29 is 0 Å². The summed E-state index contributed by atoms with van der Waals surface area (Å²) in [5.74, 6) is 0. The number of hydrogen-bond acceptors (Lipinski definition) is 3. The Labute approximate surface area is 97.7 Å². The van der Waals surface area contributed by atoms with Gasteiger partial charge in [-0.1, -0.05) is 17.7 Å². The molecule has 0 saturated carbocycles. The minimum Gasteiger partial charge on any atom is -0.367 e. The summed E-state index contributed by atoms with van der Waals surface area (Å²) in [6.07, 6.45) is 1.34. The number of H-pyrrole nitrogens is 1. The van der Waals surface area contributed by atoms with Crippen molar-refractivity contribution in [1.29, 1.82) is 0 Å². The van der Waals surface area contributed by atoms with Crippen LogP contribution in [-0.2, 0) is 6.67 Å². The van der Waals surface area contributed by atoms with E-state index in [2.05, 4.69) is 10.3 Å². The van der Waals surface area contributed by atoms with Crippen LogP contribution in [0.25, 0.3) is 0 Å². The van der Waals surface area contributed by atoms with Crippen molar-refractivity contribution in [3.05, 3.63) is 62.9 Å². The smallest absolute Gasteiger partial charge is 0.329 e. The number of anilines is 1. The topological polar surface area (TPSA) is 66.9 Å². The van der Waals surface area contributed by atoms with Crippen LogP contribution in [0, 0.1) is 6.92 Å². The molecule has 2 rings (SSSR count). The van der Waals surface area contributed by atoms with Gasteiger partial charge in [0.2, 0.25) is 0 Å². The van der Waals surface area contributed by atoms with Gasteiger partial charge in [-0.2, -0.15) is 0 Å². The molecule has 0 amide bonds. The summed E-state index contributed by atoms with van der Waals surface area (Å²) in [5, 5.41) is 3.01. The molecule has 0 aliphatic carbocycles. The number of aromatic nitrogens is 2. The molecule has 5 nitrogen and oxygen atoms in total. The molecule has 0 saturated heterocycles. The SMILES string of the molecule is Cc1ccc(NCn2c(=O)cc[nH]c2=O)cc1. The largest absolute Gasteiger partial charge is 0.367 e. The summed E-state index contributed by atoms with van der Waals surface area (Å²) in [6.45, 7) is 2.15. The Kier molecular flexibility index (Phi) is 3.09. The highest BCUT2D eigenvalue weighted by Crippen LogP contribution is 2.07. The lowest BCUT2D eigenvalue weighted by Gasteiger charge is -2.07. The van der Waals surface area contributed by atoms with E-state index in [4.69, 9.17) is 0 Å². The van der Waals surface area contributed by atoms with Crippen molar-refractivity contribution in [2.75, 3.05) is 5.32 Å². The summed E-state index contributed by atoms with van der Waals surface area (Å²) in [4.78, 5) is 25.3. The van der Waals surface area contributed by atoms with E-state index in [9.17, 15) is 9.59 Å². The minimum absolute atomic E-state index is 0.151. The molecule has 88 valence electrons. The van der Waals surface area contributed by atoms with Crippen LogP contribution in [0.15, 0.2) is 46.1 Å². The molecule has 0 unspecified atom stereocenters. The Morgan fingerprint density at radius 2 is 1.88 bits per heavy atom. The van der Waals surface area contributed by atoms with Gasteiger partial charge >= 0.3 is 5.69 Å². The van der Waals surface area contributed by atoms with E-state index >= 15 is 0 Å². The molecule has 17 heavy (non-hydrogen) atoms. The number of nitrogens with zero attached hydrogens (tertiary/aromatic N) is 1. The summed E-state index contributed by atoms with van der Waals surface area (Å²) in [6, 6.07) is 9.04. The first-order valence-electron chi connectivity index (χ1n) is 5.26. The Hall–Kier alpha value is -2.30. The van der Waals surface area contributed by atoms with E-state index in [1.165, 1.54) is 12.3 Å². The predicted molar refractivity (Wildman–Crippen MR) is 66.1 cm³/mol. The zero-order valence-corrected chi connectivity index (χ0v) is 9.43. The zero-order chi connectivity index (χ0) is 12.3. The number of nitrogens with one attached hydrogen (secondary N) is 2. The summed E-state index contributed by atoms with van der Waals surface area (Å²) >= 11 is 0. The lowest BCUT2D eigenvalue weighted by atomic mass is 10.2. The second-order valence-corrected chi connectivity index (χ2v) is 3.75. The number of benzene rings is 1. The molecule has 0 aliphatic rings. The first kappa shape index (κ1) is 11.2. The van der Waals surface area contributed by atoms with Crippen molar-refractivity contribution in [3.63, 3.8) is 0 Å². The third-order valence-corrected chi connectivity index (χ3v) is 2.44. The molecule has 0 aliphatic heterocycles. The van der Waals surface area contributed by atoms with Crippen LogP contribution in [0.2, 0.25) is 0 Å². The second kappa shape index (κ2) is 4.69. The Morgan fingerprint density at radius 3 is 2.53 bits per heavy atom. The van der Waals surface area contributed by atoms with Crippen LogP contribution < -0.4 is 16.6 Å². The van der Waals surface area contributed by atoms with Crippen LogP contribution >= 0.6 is 0 Å². The summed E-state index contributed by atoms with van der Waals surface area (Å²) in [7, 11) is 0. The zero-order valence-electron chi connectivity index (χ0n) is 9.43. The molecule has 2 aromatic rings. The van der Waals surface area contributed by atoms with Crippen LogP contribution in [0.4, 0.5) is 5.69 Å². The van der Waals surface area contributed by atoms with Gasteiger partial charge in [0.15, 0.2) is 0 Å². The number of rotatable bonds is 3. The average molecular weight is 231 g/mol. The third-order valence-electron chi connectivity index (χ3n) is 2.44. The lowest BCUT2D eigenvalue weighted by molar-refractivity contribution is 0.682. The van der Waals surface area contributed by atoms with Gasteiger partial charge in [-0.05, 0) is 19.1 Å². The van der Waals surface area contributed by atoms with Gasteiger partial charge in [-0.15, -0.1) is 0 Å².